The van der Waals surface area contributed by atoms with Gasteiger partial charge in [0.25, 0.3) is 0 Å². The van der Waals surface area contributed by atoms with E-state index in [1.165, 1.54) is 28.4 Å². The minimum Gasteiger partial charge on any atom is -0.493 e. The van der Waals surface area contributed by atoms with Crippen LogP contribution in [0.2, 0.25) is 0 Å². The SMILES string of the molecule is COc1ccc(COC(OC(OCc2ccc(OC)c(OC)c2)[N+](=O)[O-])[N+](=O)[O-])cc1OC. The highest BCUT2D eigenvalue weighted by Gasteiger charge is 2.34. The highest BCUT2D eigenvalue weighted by Crippen LogP contribution is 2.29. The van der Waals surface area contributed by atoms with E-state index in [4.69, 9.17) is 33.2 Å². The van der Waals surface area contributed by atoms with Gasteiger partial charge in [0.05, 0.1) is 51.5 Å². The largest absolute Gasteiger partial charge is 0.493 e. The normalized spacial score (nSPS) is 12.5. The third-order valence-corrected chi connectivity index (χ3v) is 4.26. The zero-order chi connectivity index (χ0) is 24.4. The fourth-order valence-corrected chi connectivity index (χ4v) is 2.68. The number of rotatable bonds is 14. The predicted molar refractivity (Wildman–Crippen MR) is 111 cm³/mol. The Labute approximate surface area is 189 Å². The Bertz CT molecular complexity index is 878. The first-order valence-corrected chi connectivity index (χ1v) is 9.40. The second kappa shape index (κ2) is 12.4. The van der Waals surface area contributed by atoms with Crippen LogP contribution in [0.1, 0.15) is 11.1 Å². The van der Waals surface area contributed by atoms with Gasteiger partial charge in [0.15, 0.2) is 23.0 Å². The summed E-state index contributed by atoms with van der Waals surface area (Å²) in [6.45, 7) is -0.571. The summed E-state index contributed by atoms with van der Waals surface area (Å²) >= 11 is 0. The van der Waals surface area contributed by atoms with Gasteiger partial charge in [-0.2, -0.15) is 4.74 Å². The van der Waals surface area contributed by atoms with E-state index in [1.807, 2.05) is 0 Å². The Morgan fingerprint density at radius 1 is 0.667 bits per heavy atom. The van der Waals surface area contributed by atoms with Gasteiger partial charge in [0.1, 0.15) is 0 Å². The Kier molecular flexibility index (Phi) is 9.60. The Hall–Kier alpha value is -3.68. The van der Waals surface area contributed by atoms with E-state index in [0.29, 0.717) is 34.1 Å². The lowest BCUT2D eigenvalue weighted by Crippen LogP contribution is -2.36. The molecule has 2 rings (SSSR count). The van der Waals surface area contributed by atoms with Gasteiger partial charge in [-0.25, -0.2) is 0 Å². The van der Waals surface area contributed by atoms with E-state index in [2.05, 4.69) is 0 Å². The quantitative estimate of drug-likeness (QED) is 0.228. The molecule has 0 N–H and O–H groups in total. The molecule has 2 unspecified atom stereocenters. The molecule has 0 amide bonds. The van der Waals surface area contributed by atoms with Crippen LogP contribution in [-0.4, -0.2) is 51.1 Å². The molecule has 0 aliphatic heterocycles. The minimum atomic E-state index is -2.15. The molecule has 0 bridgehead atoms. The molecule has 0 aliphatic rings. The monoisotopic (exact) mass is 468 g/mol. The molecular formula is C20H24N2O11. The van der Waals surface area contributed by atoms with Gasteiger partial charge in [-0.1, -0.05) is 12.1 Å². The average Bonchev–Trinajstić information content (AvgIpc) is 2.82. The second-order valence-corrected chi connectivity index (χ2v) is 6.32. The first-order chi connectivity index (χ1) is 15.8. The highest BCUT2D eigenvalue weighted by atomic mass is 16.9. The van der Waals surface area contributed by atoms with E-state index in [-0.39, 0.29) is 13.2 Å². The predicted octanol–water partition coefficient (Wildman–Crippen LogP) is 2.59. The molecule has 2 aromatic carbocycles. The van der Waals surface area contributed by atoms with Gasteiger partial charge in [-0.3, -0.25) is 29.7 Å². The molecule has 0 saturated heterocycles. The smallest absolute Gasteiger partial charge is 0.439 e. The topological polar surface area (TPSA) is 151 Å². The summed E-state index contributed by atoms with van der Waals surface area (Å²) in [5.74, 6) is 1.69. The summed E-state index contributed by atoms with van der Waals surface area (Å²) in [7, 11) is 5.79. The molecule has 0 spiro atoms. The first-order valence-electron chi connectivity index (χ1n) is 9.40. The minimum absolute atomic E-state index is 0.286. The third kappa shape index (κ3) is 7.17. The molecule has 0 heterocycles. The van der Waals surface area contributed by atoms with Crippen molar-refractivity contribution in [3.63, 3.8) is 0 Å². The van der Waals surface area contributed by atoms with E-state index in [1.54, 1.807) is 36.4 Å². The lowest BCUT2D eigenvalue weighted by molar-refractivity contribution is -0.713. The number of ether oxygens (including phenoxy) is 7. The van der Waals surface area contributed by atoms with Gasteiger partial charge in [0.2, 0.25) is 0 Å². The molecule has 2 atom stereocenters. The van der Waals surface area contributed by atoms with Crippen molar-refractivity contribution in [3.8, 4) is 23.0 Å². The molecule has 0 fully saturated rings. The van der Waals surface area contributed by atoms with Crippen molar-refractivity contribution in [2.45, 2.75) is 26.0 Å². The molecule has 0 aromatic heterocycles. The maximum Gasteiger partial charge on any atom is 0.439 e. The molecule has 2 aromatic rings. The maximum absolute atomic E-state index is 11.3. The van der Waals surface area contributed by atoms with Gasteiger partial charge in [-0.15, -0.1) is 0 Å². The number of nitro groups is 2. The van der Waals surface area contributed by atoms with E-state index in [9.17, 15) is 20.2 Å². The molecule has 0 saturated carbocycles. The first kappa shape index (κ1) is 25.6. The number of nitrogens with zero attached hydrogens (tertiary/aromatic N) is 2. The van der Waals surface area contributed by atoms with Crippen molar-refractivity contribution in [1.29, 1.82) is 0 Å². The fourth-order valence-electron chi connectivity index (χ4n) is 2.68. The van der Waals surface area contributed by atoms with Gasteiger partial charge in [-0.05, 0) is 35.4 Å². The molecule has 13 nitrogen and oxygen atoms in total. The maximum atomic E-state index is 11.3. The van der Waals surface area contributed by atoms with Gasteiger partial charge in [0, 0.05) is 0 Å². The zero-order valence-electron chi connectivity index (χ0n) is 18.4. The zero-order valence-corrected chi connectivity index (χ0v) is 18.4. The second-order valence-electron chi connectivity index (χ2n) is 6.32. The lowest BCUT2D eigenvalue weighted by atomic mass is 10.2. The molecular weight excluding hydrogens is 444 g/mol. The summed E-state index contributed by atoms with van der Waals surface area (Å²) < 4.78 is 35.7. The summed E-state index contributed by atoms with van der Waals surface area (Å²) in [5.41, 5.74) is 0.985. The summed E-state index contributed by atoms with van der Waals surface area (Å²) in [5, 5.41) is 22.7. The van der Waals surface area contributed by atoms with Crippen molar-refractivity contribution in [3.05, 3.63) is 67.8 Å². The molecule has 180 valence electrons. The van der Waals surface area contributed by atoms with Crippen LogP contribution < -0.4 is 18.9 Å². The standard InChI is InChI=1S/C20H24N2O11/c1-27-15-7-5-13(9-17(15)29-3)11-31-19(21(23)24)33-20(22(25)26)32-12-14-6-8-16(28-2)18(10-14)30-4/h5-10,19-20H,11-12H2,1-4H3. The Morgan fingerprint density at radius 2 is 1.03 bits per heavy atom. The van der Waals surface area contributed by atoms with Gasteiger partial charge >= 0.3 is 12.8 Å². The van der Waals surface area contributed by atoms with Crippen LogP contribution in [0.4, 0.5) is 0 Å². The van der Waals surface area contributed by atoms with Crippen LogP contribution in [0.5, 0.6) is 23.0 Å². The molecule has 0 aliphatic carbocycles. The number of hydrogen-bond acceptors (Lipinski definition) is 11. The van der Waals surface area contributed by atoms with Crippen molar-refractivity contribution in [1.82, 2.24) is 0 Å². The van der Waals surface area contributed by atoms with Gasteiger partial charge < -0.3 is 18.9 Å². The summed E-state index contributed by atoms with van der Waals surface area (Å²) in [6, 6.07) is 9.47. The van der Waals surface area contributed by atoms with Crippen molar-refractivity contribution < 1.29 is 43.0 Å². The molecule has 13 heteroatoms. The Balaban J connectivity index is 2.04. The fraction of sp³-hybridized carbons (Fsp3) is 0.400. The number of methoxy groups -OCH3 is 4. The van der Waals surface area contributed by atoms with Crippen LogP contribution in [0, 0.1) is 20.2 Å². The number of hydrogen-bond donors (Lipinski definition) is 0. The molecule has 33 heavy (non-hydrogen) atoms. The third-order valence-electron chi connectivity index (χ3n) is 4.26. The summed E-state index contributed by atoms with van der Waals surface area (Å²) in [6.07, 6.45) is -4.31. The lowest BCUT2D eigenvalue weighted by Gasteiger charge is -2.15. The van der Waals surface area contributed by atoms with Crippen LogP contribution in [0.25, 0.3) is 0 Å². The number of benzene rings is 2. The summed E-state index contributed by atoms with van der Waals surface area (Å²) in [4.78, 5) is 20.8. The van der Waals surface area contributed by atoms with E-state index < -0.39 is 22.7 Å². The highest BCUT2D eigenvalue weighted by molar-refractivity contribution is 5.43. The molecule has 0 radical (unpaired) electrons. The van der Waals surface area contributed by atoms with Crippen LogP contribution in [0.3, 0.4) is 0 Å². The average molecular weight is 468 g/mol. The van der Waals surface area contributed by atoms with E-state index in [0.717, 1.165) is 0 Å². The Morgan fingerprint density at radius 3 is 1.33 bits per heavy atom. The van der Waals surface area contributed by atoms with E-state index >= 15 is 0 Å². The van der Waals surface area contributed by atoms with Crippen molar-refractivity contribution in [2.75, 3.05) is 28.4 Å². The van der Waals surface area contributed by atoms with Crippen LogP contribution >= 0.6 is 0 Å². The van der Waals surface area contributed by atoms with Crippen molar-refractivity contribution >= 4 is 0 Å². The van der Waals surface area contributed by atoms with Crippen LogP contribution in [-0.2, 0) is 27.4 Å². The van der Waals surface area contributed by atoms with Crippen molar-refractivity contribution in [2.24, 2.45) is 0 Å². The van der Waals surface area contributed by atoms with Crippen LogP contribution in [0.15, 0.2) is 36.4 Å².